The quantitative estimate of drug-likeness (QED) is 0.579. The molecule has 0 bridgehead atoms. The average molecular weight is 326 g/mol. The van der Waals surface area contributed by atoms with E-state index in [-0.39, 0.29) is 12.2 Å². The molecule has 0 amide bonds. The zero-order valence-corrected chi connectivity index (χ0v) is 15.1. The van der Waals surface area contributed by atoms with Gasteiger partial charge in [0, 0.05) is 25.5 Å². The Kier molecular flexibility index (Phi) is 6.89. The highest BCUT2D eigenvalue weighted by atomic mass is 16.6. The van der Waals surface area contributed by atoms with Gasteiger partial charge in [0.15, 0.2) is 0 Å². The maximum atomic E-state index is 6.39. The number of ether oxygens (including phenoxy) is 2. The summed E-state index contributed by atoms with van der Waals surface area (Å²) in [7, 11) is 1.76. The highest BCUT2D eigenvalue weighted by Crippen LogP contribution is 2.37. The Morgan fingerprint density at radius 3 is 2.52 bits per heavy atom. The van der Waals surface area contributed by atoms with Crippen molar-refractivity contribution in [2.75, 3.05) is 7.11 Å². The third kappa shape index (κ3) is 4.47. The maximum absolute atomic E-state index is 6.39. The molecule has 0 radical (unpaired) electrons. The fourth-order valence-corrected chi connectivity index (χ4v) is 4.02. The third-order valence-electron chi connectivity index (χ3n) is 5.77. The average Bonchev–Trinajstić information content (AvgIpc) is 2.56. The van der Waals surface area contributed by atoms with E-state index in [1.807, 2.05) is 0 Å². The number of allylic oxidation sites excluding steroid dienone is 1. The molecule has 6 unspecified atom stereocenters. The van der Waals surface area contributed by atoms with Crippen LogP contribution in [0.2, 0.25) is 0 Å². The van der Waals surface area contributed by atoms with Crippen LogP contribution in [0.1, 0.15) is 59.3 Å². The lowest BCUT2D eigenvalue weighted by Crippen LogP contribution is -2.41. The minimum absolute atomic E-state index is 0.159. The summed E-state index contributed by atoms with van der Waals surface area (Å²) in [6.45, 7) is 6.70. The van der Waals surface area contributed by atoms with E-state index in [1.165, 1.54) is 12.8 Å². The van der Waals surface area contributed by atoms with Crippen LogP contribution in [0.15, 0.2) is 11.3 Å². The van der Waals surface area contributed by atoms with Crippen LogP contribution in [0.4, 0.5) is 0 Å². The standard InChI is InChI=1S/C18H34N2O3/c1-5-13-9-17(23-20)14(10-16(13)21-4)18(19)22-15-8-11(2)6-7-12(15)3/h11-13,15-16,18H,5-10,19-20H2,1-4H3. The van der Waals surface area contributed by atoms with Crippen LogP contribution < -0.4 is 11.6 Å². The Morgan fingerprint density at radius 2 is 1.91 bits per heavy atom. The van der Waals surface area contributed by atoms with Gasteiger partial charge < -0.3 is 20.0 Å². The van der Waals surface area contributed by atoms with E-state index in [0.29, 0.717) is 17.8 Å². The molecule has 6 atom stereocenters. The fraction of sp³-hybridized carbons (Fsp3) is 0.889. The minimum Gasteiger partial charge on any atom is -0.416 e. The smallest absolute Gasteiger partial charge is 0.131 e. The van der Waals surface area contributed by atoms with Gasteiger partial charge in [-0.2, -0.15) is 5.90 Å². The van der Waals surface area contributed by atoms with Crippen molar-refractivity contribution in [1.29, 1.82) is 0 Å². The Balaban J connectivity index is 2.09. The molecule has 0 aliphatic heterocycles. The van der Waals surface area contributed by atoms with Crippen molar-refractivity contribution in [2.24, 2.45) is 29.4 Å². The Bertz CT molecular complexity index is 413. The van der Waals surface area contributed by atoms with Crippen LogP contribution in [0.3, 0.4) is 0 Å². The van der Waals surface area contributed by atoms with Gasteiger partial charge in [0.25, 0.3) is 0 Å². The van der Waals surface area contributed by atoms with Crippen molar-refractivity contribution < 1.29 is 14.3 Å². The second-order valence-corrected chi connectivity index (χ2v) is 7.41. The minimum atomic E-state index is -0.457. The topological polar surface area (TPSA) is 79.7 Å². The molecule has 0 spiro atoms. The molecule has 23 heavy (non-hydrogen) atoms. The molecule has 1 fully saturated rings. The van der Waals surface area contributed by atoms with E-state index in [4.69, 9.17) is 25.9 Å². The van der Waals surface area contributed by atoms with Gasteiger partial charge in [0.1, 0.15) is 12.0 Å². The SMILES string of the molecule is CCC1CC(ON)=C(C(N)OC2CC(C)CCC2C)CC1OC. The predicted molar refractivity (Wildman–Crippen MR) is 91.1 cm³/mol. The molecular formula is C18H34N2O3. The lowest BCUT2D eigenvalue weighted by molar-refractivity contribution is -0.0583. The van der Waals surface area contributed by atoms with Crippen molar-refractivity contribution in [2.45, 2.75) is 77.7 Å². The zero-order chi connectivity index (χ0) is 17.0. The first-order valence-electron chi connectivity index (χ1n) is 9.02. The van der Waals surface area contributed by atoms with Crippen molar-refractivity contribution >= 4 is 0 Å². The predicted octanol–water partition coefficient (Wildman–Crippen LogP) is 3.09. The molecule has 2 aliphatic carbocycles. The first kappa shape index (κ1) is 18.7. The molecule has 0 heterocycles. The van der Waals surface area contributed by atoms with Crippen molar-refractivity contribution in [1.82, 2.24) is 0 Å². The van der Waals surface area contributed by atoms with Gasteiger partial charge in [-0.3, -0.25) is 0 Å². The normalized spacial score (nSPS) is 36.9. The first-order valence-corrected chi connectivity index (χ1v) is 9.02. The molecule has 2 aliphatic rings. The Morgan fingerprint density at radius 1 is 1.17 bits per heavy atom. The van der Waals surface area contributed by atoms with Crippen molar-refractivity contribution in [3.8, 4) is 0 Å². The molecule has 0 aromatic rings. The van der Waals surface area contributed by atoms with Gasteiger partial charge in [-0.1, -0.05) is 33.6 Å². The Hall–Kier alpha value is -0.620. The summed E-state index contributed by atoms with van der Waals surface area (Å²) in [6, 6.07) is 0. The molecule has 0 saturated heterocycles. The summed E-state index contributed by atoms with van der Waals surface area (Å²) in [5.74, 6) is 7.96. The molecule has 5 nitrogen and oxygen atoms in total. The van der Waals surface area contributed by atoms with Gasteiger partial charge in [-0.15, -0.1) is 0 Å². The molecule has 1 saturated carbocycles. The zero-order valence-electron chi connectivity index (χ0n) is 15.1. The molecule has 0 aromatic heterocycles. The lowest BCUT2D eigenvalue weighted by Gasteiger charge is -2.38. The molecule has 4 N–H and O–H groups in total. The molecule has 5 heteroatoms. The van der Waals surface area contributed by atoms with E-state index in [1.54, 1.807) is 7.11 Å². The van der Waals surface area contributed by atoms with Crippen LogP contribution >= 0.6 is 0 Å². The summed E-state index contributed by atoms with van der Waals surface area (Å²) in [5.41, 5.74) is 7.35. The second-order valence-electron chi connectivity index (χ2n) is 7.41. The van der Waals surface area contributed by atoms with Crippen LogP contribution in [-0.4, -0.2) is 25.5 Å². The van der Waals surface area contributed by atoms with Crippen LogP contribution in [0.25, 0.3) is 0 Å². The molecular weight excluding hydrogens is 292 g/mol. The number of nitrogens with two attached hydrogens (primary N) is 2. The van der Waals surface area contributed by atoms with Gasteiger partial charge in [-0.05, 0) is 30.6 Å². The number of hydrogen-bond donors (Lipinski definition) is 2. The molecule has 134 valence electrons. The van der Waals surface area contributed by atoms with E-state index < -0.39 is 6.23 Å². The Labute approximate surface area is 140 Å². The van der Waals surface area contributed by atoms with Crippen LogP contribution in [0.5, 0.6) is 0 Å². The van der Waals surface area contributed by atoms with E-state index in [9.17, 15) is 0 Å². The van der Waals surface area contributed by atoms with Crippen LogP contribution in [0, 0.1) is 17.8 Å². The summed E-state index contributed by atoms with van der Waals surface area (Å²) in [6.07, 6.45) is 6.01. The highest BCUT2D eigenvalue weighted by molar-refractivity contribution is 5.19. The third-order valence-corrected chi connectivity index (χ3v) is 5.77. The largest absolute Gasteiger partial charge is 0.416 e. The second kappa shape index (κ2) is 8.47. The lowest BCUT2D eigenvalue weighted by atomic mass is 9.81. The summed E-state index contributed by atoms with van der Waals surface area (Å²) < 4.78 is 11.9. The van der Waals surface area contributed by atoms with Gasteiger partial charge >= 0.3 is 0 Å². The summed E-state index contributed by atoms with van der Waals surface area (Å²) in [5, 5.41) is 0. The number of hydrogen-bond acceptors (Lipinski definition) is 5. The van der Waals surface area contributed by atoms with Crippen molar-refractivity contribution in [3.05, 3.63) is 11.3 Å². The van der Waals surface area contributed by atoms with E-state index in [2.05, 4.69) is 20.8 Å². The van der Waals surface area contributed by atoms with Gasteiger partial charge in [-0.25, -0.2) is 0 Å². The van der Waals surface area contributed by atoms with Crippen molar-refractivity contribution in [3.63, 3.8) is 0 Å². The fourth-order valence-electron chi connectivity index (χ4n) is 4.02. The summed E-state index contributed by atoms with van der Waals surface area (Å²) in [4.78, 5) is 5.15. The highest BCUT2D eigenvalue weighted by Gasteiger charge is 2.35. The molecule has 2 rings (SSSR count). The van der Waals surface area contributed by atoms with E-state index >= 15 is 0 Å². The monoisotopic (exact) mass is 326 g/mol. The molecule has 0 aromatic carbocycles. The van der Waals surface area contributed by atoms with Gasteiger partial charge in [0.05, 0.1) is 12.2 Å². The van der Waals surface area contributed by atoms with Crippen LogP contribution in [-0.2, 0) is 14.3 Å². The number of methoxy groups -OCH3 is 1. The first-order chi connectivity index (χ1) is 11.0. The van der Waals surface area contributed by atoms with E-state index in [0.717, 1.165) is 37.0 Å². The number of rotatable bonds is 6. The maximum Gasteiger partial charge on any atom is 0.131 e. The summed E-state index contributed by atoms with van der Waals surface area (Å²) >= 11 is 0. The van der Waals surface area contributed by atoms with Gasteiger partial charge in [0.2, 0.25) is 0 Å².